The fourth-order valence-electron chi connectivity index (χ4n) is 3.34. The molecule has 0 amide bonds. The summed E-state index contributed by atoms with van der Waals surface area (Å²) in [7, 11) is 0. The van der Waals surface area contributed by atoms with Crippen molar-refractivity contribution in [2.45, 2.75) is 82.8 Å². The molecule has 3 N–H and O–H groups in total. The molecule has 0 heterocycles. The van der Waals surface area contributed by atoms with Crippen LogP contribution in [0.5, 0.6) is 0 Å². The highest BCUT2D eigenvalue weighted by Gasteiger charge is 2.40. The van der Waals surface area contributed by atoms with Crippen molar-refractivity contribution in [1.82, 2.24) is 0 Å². The lowest BCUT2D eigenvalue weighted by atomic mass is 9.89. The maximum atomic E-state index is 14.2. The summed E-state index contributed by atoms with van der Waals surface area (Å²) in [5.74, 6) is -1.71. The monoisotopic (exact) mass is 374 g/mol. The topological polar surface area (TPSA) is 77.8 Å². The Morgan fingerprint density at radius 3 is 2.69 bits per heavy atom. The summed E-state index contributed by atoms with van der Waals surface area (Å²) < 4.78 is 28.0. The maximum Gasteiger partial charge on any atom is 0.303 e. The molecule has 26 heavy (non-hydrogen) atoms. The van der Waals surface area contributed by atoms with Crippen molar-refractivity contribution >= 4 is 5.97 Å². The second-order valence-corrected chi connectivity index (χ2v) is 7.09. The zero-order chi connectivity index (χ0) is 19.5. The quantitative estimate of drug-likeness (QED) is 0.357. The Labute approximate surface area is 154 Å². The van der Waals surface area contributed by atoms with Crippen molar-refractivity contribution in [2.24, 2.45) is 11.8 Å². The van der Waals surface area contributed by atoms with Crippen molar-refractivity contribution in [3.05, 3.63) is 24.3 Å². The van der Waals surface area contributed by atoms with Crippen LogP contribution in [0.1, 0.15) is 58.3 Å². The molecule has 0 aliphatic heterocycles. The normalized spacial score (nSPS) is 28.8. The molecule has 0 saturated heterocycles. The Bertz CT molecular complexity index is 467. The van der Waals surface area contributed by atoms with Crippen LogP contribution in [0.4, 0.5) is 8.78 Å². The van der Waals surface area contributed by atoms with Gasteiger partial charge in [-0.2, -0.15) is 0 Å². The molecular weight excluding hydrogens is 342 g/mol. The number of unbranched alkanes of at least 4 members (excludes halogenated alkanes) is 2. The highest BCUT2D eigenvalue weighted by atomic mass is 19.1. The van der Waals surface area contributed by atoms with E-state index >= 15 is 0 Å². The molecular formula is C20H32F2O4. The van der Waals surface area contributed by atoms with Gasteiger partial charge in [-0.1, -0.05) is 44.1 Å². The van der Waals surface area contributed by atoms with E-state index in [1.807, 2.05) is 19.1 Å². The molecule has 150 valence electrons. The molecule has 1 saturated carbocycles. The highest BCUT2D eigenvalue weighted by Crippen LogP contribution is 2.38. The number of carbonyl (C=O) groups is 1. The largest absolute Gasteiger partial charge is 0.481 e. The van der Waals surface area contributed by atoms with E-state index in [9.17, 15) is 23.8 Å². The Kier molecular flexibility index (Phi) is 10.7. The molecule has 0 spiro atoms. The van der Waals surface area contributed by atoms with Gasteiger partial charge in [0.2, 0.25) is 0 Å². The number of carboxylic acid groups (broad SMARTS) is 1. The molecule has 6 atom stereocenters. The van der Waals surface area contributed by atoms with Gasteiger partial charge in [-0.05, 0) is 25.7 Å². The first kappa shape index (κ1) is 22.8. The van der Waals surface area contributed by atoms with E-state index < -0.39 is 42.4 Å². The summed E-state index contributed by atoms with van der Waals surface area (Å²) in [6, 6.07) is 0. The van der Waals surface area contributed by atoms with E-state index in [0.717, 1.165) is 6.42 Å². The predicted octanol–water partition coefficient (Wildman–Crippen LogP) is 3.97. The van der Waals surface area contributed by atoms with Crippen LogP contribution in [0.3, 0.4) is 0 Å². The second-order valence-electron chi connectivity index (χ2n) is 7.09. The number of aliphatic hydroxyl groups is 2. The molecule has 0 aromatic heterocycles. The number of hydrogen-bond donors (Lipinski definition) is 3. The zero-order valence-electron chi connectivity index (χ0n) is 15.4. The van der Waals surface area contributed by atoms with Crippen molar-refractivity contribution in [3.8, 4) is 0 Å². The molecule has 0 bridgehead atoms. The van der Waals surface area contributed by atoms with Crippen molar-refractivity contribution in [3.63, 3.8) is 0 Å². The molecule has 6 heteroatoms. The zero-order valence-corrected chi connectivity index (χ0v) is 15.4. The Morgan fingerprint density at radius 1 is 1.31 bits per heavy atom. The summed E-state index contributed by atoms with van der Waals surface area (Å²) in [6.07, 6.45) is 5.49. The number of halogens is 2. The third kappa shape index (κ3) is 7.96. The van der Waals surface area contributed by atoms with Crippen LogP contribution in [0.25, 0.3) is 0 Å². The average molecular weight is 374 g/mol. The van der Waals surface area contributed by atoms with Crippen molar-refractivity contribution in [1.29, 1.82) is 0 Å². The van der Waals surface area contributed by atoms with E-state index in [2.05, 4.69) is 0 Å². The number of carboxylic acids is 1. The lowest BCUT2D eigenvalue weighted by Gasteiger charge is -2.19. The van der Waals surface area contributed by atoms with Gasteiger partial charge in [-0.3, -0.25) is 4.79 Å². The molecule has 1 rings (SSSR count). The number of rotatable bonds is 12. The minimum absolute atomic E-state index is 0.0392. The van der Waals surface area contributed by atoms with Crippen molar-refractivity contribution in [2.75, 3.05) is 0 Å². The fraction of sp³-hybridized carbons (Fsp3) is 0.750. The minimum atomic E-state index is -1.35. The smallest absolute Gasteiger partial charge is 0.303 e. The summed E-state index contributed by atoms with van der Waals surface area (Å²) in [5, 5.41) is 28.5. The molecule has 0 aromatic rings. The summed E-state index contributed by atoms with van der Waals surface area (Å²) in [4.78, 5) is 10.4. The molecule has 1 fully saturated rings. The van der Waals surface area contributed by atoms with Gasteiger partial charge in [0.15, 0.2) is 0 Å². The van der Waals surface area contributed by atoms with Crippen LogP contribution >= 0.6 is 0 Å². The SMILES string of the molecule is CCCCC(F)[C@H](O)/C=C/[C@@H]1[C@@H](C/C=C\CCCC(=O)O)[C@H](F)C[C@H]1O. The molecule has 1 aliphatic carbocycles. The predicted molar refractivity (Wildman–Crippen MR) is 97.3 cm³/mol. The molecule has 4 nitrogen and oxygen atoms in total. The van der Waals surface area contributed by atoms with E-state index in [1.54, 1.807) is 6.08 Å². The van der Waals surface area contributed by atoms with Gasteiger partial charge in [-0.25, -0.2) is 8.78 Å². The average Bonchev–Trinajstić information content (AvgIpc) is 2.86. The van der Waals surface area contributed by atoms with E-state index in [1.165, 1.54) is 6.08 Å². The fourth-order valence-corrected chi connectivity index (χ4v) is 3.34. The molecule has 1 aliphatic rings. The standard InChI is InChI=1S/C20H32F2O4/c1-2-3-9-16(21)18(23)12-11-15-14(17(22)13-19(15)24)8-6-4-5-7-10-20(25)26/h4,6,11-12,14-19,23-24H,2-3,5,7-10,13H2,1H3,(H,25,26)/b6-4-,12-11+/t14-,15-,16?,17-,18-,19-/m1/s1. The minimum Gasteiger partial charge on any atom is -0.481 e. The van der Waals surface area contributed by atoms with Gasteiger partial charge in [0.1, 0.15) is 18.4 Å². The first-order valence-corrected chi connectivity index (χ1v) is 9.56. The first-order chi connectivity index (χ1) is 12.4. The molecule has 0 radical (unpaired) electrons. The Hall–Kier alpha value is -1.27. The third-order valence-corrected chi connectivity index (χ3v) is 4.94. The van der Waals surface area contributed by atoms with Crippen LogP contribution in [0, 0.1) is 11.8 Å². The summed E-state index contributed by atoms with van der Waals surface area (Å²) >= 11 is 0. The van der Waals surface area contributed by atoms with Crippen LogP contribution < -0.4 is 0 Å². The van der Waals surface area contributed by atoms with Crippen molar-refractivity contribution < 1.29 is 28.9 Å². The lowest BCUT2D eigenvalue weighted by Crippen LogP contribution is -2.22. The number of aliphatic carboxylic acids is 1. The highest BCUT2D eigenvalue weighted by molar-refractivity contribution is 5.66. The van der Waals surface area contributed by atoms with Gasteiger partial charge < -0.3 is 15.3 Å². The van der Waals surface area contributed by atoms with E-state index in [4.69, 9.17) is 5.11 Å². The second kappa shape index (κ2) is 12.2. The summed E-state index contributed by atoms with van der Waals surface area (Å²) in [6.45, 7) is 1.95. The van der Waals surface area contributed by atoms with Gasteiger partial charge in [0.25, 0.3) is 0 Å². The van der Waals surface area contributed by atoms with Gasteiger partial charge in [0.05, 0.1) is 6.10 Å². The van der Waals surface area contributed by atoms with Gasteiger partial charge in [-0.15, -0.1) is 0 Å². The summed E-state index contributed by atoms with van der Waals surface area (Å²) in [5.41, 5.74) is 0. The third-order valence-electron chi connectivity index (χ3n) is 4.94. The first-order valence-electron chi connectivity index (χ1n) is 9.56. The van der Waals surface area contributed by atoms with Crippen LogP contribution in [-0.4, -0.2) is 45.8 Å². The van der Waals surface area contributed by atoms with Crippen LogP contribution in [0.2, 0.25) is 0 Å². The van der Waals surface area contributed by atoms with Crippen LogP contribution in [-0.2, 0) is 4.79 Å². The maximum absolute atomic E-state index is 14.2. The molecule has 1 unspecified atom stereocenters. The number of hydrogen-bond acceptors (Lipinski definition) is 3. The van der Waals surface area contributed by atoms with E-state index in [-0.39, 0.29) is 19.3 Å². The number of allylic oxidation sites excluding steroid dienone is 2. The van der Waals surface area contributed by atoms with Gasteiger partial charge >= 0.3 is 5.97 Å². The lowest BCUT2D eigenvalue weighted by molar-refractivity contribution is -0.137. The number of alkyl halides is 2. The van der Waals surface area contributed by atoms with Crippen LogP contribution in [0.15, 0.2) is 24.3 Å². The molecule has 0 aromatic carbocycles. The van der Waals surface area contributed by atoms with E-state index in [0.29, 0.717) is 25.7 Å². The number of aliphatic hydroxyl groups excluding tert-OH is 2. The Morgan fingerprint density at radius 2 is 2.04 bits per heavy atom. The van der Waals surface area contributed by atoms with Gasteiger partial charge in [0, 0.05) is 24.7 Å². The Balaban J connectivity index is 2.54.